The summed E-state index contributed by atoms with van der Waals surface area (Å²) in [4.78, 5) is 10.6. The van der Waals surface area contributed by atoms with Crippen LogP contribution in [0.5, 0.6) is 0 Å². The summed E-state index contributed by atoms with van der Waals surface area (Å²) in [7, 11) is 0. The molecule has 0 fully saturated rings. The Bertz CT molecular complexity index is 416. The van der Waals surface area contributed by atoms with Gasteiger partial charge in [0.2, 0.25) is 0 Å². The Morgan fingerprint density at radius 2 is 2.33 bits per heavy atom. The minimum atomic E-state index is -0.481. The zero-order chi connectivity index (χ0) is 10.9. The SMILES string of the molecule is N=C[C@]1(CC=O)CCc2cc(F)ccc21. The second-order valence-electron chi connectivity index (χ2n) is 3.97. The fourth-order valence-corrected chi connectivity index (χ4v) is 2.32. The van der Waals surface area contributed by atoms with Crippen LogP contribution in [0.15, 0.2) is 18.2 Å². The van der Waals surface area contributed by atoms with E-state index in [1.54, 1.807) is 6.07 Å². The van der Waals surface area contributed by atoms with Crippen molar-refractivity contribution in [2.75, 3.05) is 0 Å². The number of fused-ring (bicyclic) bond motifs is 1. The van der Waals surface area contributed by atoms with Gasteiger partial charge in [-0.2, -0.15) is 0 Å². The summed E-state index contributed by atoms with van der Waals surface area (Å²) >= 11 is 0. The van der Waals surface area contributed by atoms with E-state index in [1.807, 2.05) is 0 Å². The van der Waals surface area contributed by atoms with E-state index in [-0.39, 0.29) is 5.82 Å². The zero-order valence-corrected chi connectivity index (χ0v) is 8.29. The Balaban J connectivity index is 2.50. The number of rotatable bonds is 3. The Morgan fingerprint density at radius 1 is 1.53 bits per heavy atom. The van der Waals surface area contributed by atoms with Gasteiger partial charge >= 0.3 is 0 Å². The molecule has 0 radical (unpaired) electrons. The molecule has 1 aliphatic carbocycles. The van der Waals surface area contributed by atoms with Crippen LogP contribution in [-0.4, -0.2) is 12.5 Å². The third-order valence-corrected chi connectivity index (χ3v) is 3.17. The largest absolute Gasteiger partial charge is 0.312 e. The molecule has 2 nitrogen and oxygen atoms in total. The molecule has 1 N–H and O–H groups in total. The summed E-state index contributed by atoms with van der Waals surface area (Å²) in [5.41, 5.74) is 1.39. The smallest absolute Gasteiger partial charge is 0.123 e. The van der Waals surface area contributed by atoms with Gasteiger partial charge in [-0.25, -0.2) is 4.39 Å². The minimum Gasteiger partial charge on any atom is -0.312 e. The number of aldehydes is 1. The van der Waals surface area contributed by atoms with E-state index in [0.717, 1.165) is 30.3 Å². The molecule has 78 valence electrons. The van der Waals surface area contributed by atoms with Gasteiger partial charge in [0.1, 0.15) is 12.1 Å². The van der Waals surface area contributed by atoms with E-state index >= 15 is 0 Å². The lowest BCUT2D eigenvalue weighted by Gasteiger charge is -2.22. The van der Waals surface area contributed by atoms with Crippen molar-refractivity contribution in [3.63, 3.8) is 0 Å². The molecule has 1 aliphatic rings. The van der Waals surface area contributed by atoms with Gasteiger partial charge in [-0.1, -0.05) is 6.07 Å². The molecule has 2 rings (SSSR count). The van der Waals surface area contributed by atoms with Crippen LogP contribution in [0.1, 0.15) is 24.0 Å². The van der Waals surface area contributed by atoms with E-state index in [9.17, 15) is 9.18 Å². The second-order valence-corrected chi connectivity index (χ2v) is 3.97. The van der Waals surface area contributed by atoms with Crippen molar-refractivity contribution in [1.82, 2.24) is 0 Å². The van der Waals surface area contributed by atoms with Crippen molar-refractivity contribution in [3.05, 3.63) is 35.1 Å². The van der Waals surface area contributed by atoms with Crippen molar-refractivity contribution in [3.8, 4) is 0 Å². The van der Waals surface area contributed by atoms with Crippen molar-refractivity contribution < 1.29 is 9.18 Å². The van der Waals surface area contributed by atoms with Crippen LogP contribution >= 0.6 is 0 Å². The lowest BCUT2D eigenvalue weighted by atomic mass is 9.80. The van der Waals surface area contributed by atoms with Gasteiger partial charge in [0, 0.05) is 18.1 Å². The monoisotopic (exact) mass is 205 g/mol. The number of aryl methyl sites for hydroxylation is 1. The lowest BCUT2D eigenvalue weighted by Crippen LogP contribution is -2.25. The summed E-state index contributed by atoms with van der Waals surface area (Å²) in [6.45, 7) is 0. The molecule has 0 saturated heterocycles. The Morgan fingerprint density at radius 3 is 3.00 bits per heavy atom. The quantitative estimate of drug-likeness (QED) is 0.596. The molecule has 0 aliphatic heterocycles. The Labute approximate surface area is 87.6 Å². The van der Waals surface area contributed by atoms with Crippen molar-refractivity contribution >= 4 is 12.5 Å². The van der Waals surface area contributed by atoms with E-state index in [4.69, 9.17) is 5.41 Å². The van der Waals surface area contributed by atoms with Gasteiger partial charge in [-0.05, 0) is 36.1 Å². The number of nitrogens with one attached hydrogen (secondary N) is 1. The molecule has 0 aromatic heterocycles. The van der Waals surface area contributed by atoms with Gasteiger partial charge in [0.05, 0.1) is 0 Å². The van der Waals surface area contributed by atoms with Gasteiger partial charge in [0.15, 0.2) is 0 Å². The fourth-order valence-electron chi connectivity index (χ4n) is 2.32. The molecule has 1 aromatic rings. The molecule has 0 heterocycles. The zero-order valence-electron chi connectivity index (χ0n) is 8.29. The number of carbonyl (C=O) groups is 1. The molecule has 0 bridgehead atoms. The third kappa shape index (κ3) is 1.48. The Kier molecular flexibility index (Phi) is 2.39. The van der Waals surface area contributed by atoms with Crippen LogP contribution < -0.4 is 0 Å². The normalized spacial score (nSPS) is 23.5. The molecular formula is C12H12FNO. The fraction of sp³-hybridized carbons (Fsp3) is 0.333. The first kappa shape index (κ1) is 10.0. The predicted molar refractivity (Wildman–Crippen MR) is 55.9 cm³/mol. The number of hydrogen-bond acceptors (Lipinski definition) is 2. The summed E-state index contributed by atoms with van der Waals surface area (Å²) in [5, 5.41) is 7.46. The lowest BCUT2D eigenvalue weighted by molar-refractivity contribution is -0.108. The van der Waals surface area contributed by atoms with Crippen LogP contribution in [0, 0.1) is 11.2 Å². The Hall–Kier alpha value is -1.51. The first-order valence-corrected chi connectivity index (χ1v) is 4.96. The van der Waals surface area contributed by atoms with Crippen LogP contribution in [0.25, 0.3) is 0 Å². The van der Waals surface area contributed by atoms with Crippen LogP contribution in [0.3, 0.4) is 0 Å². The molecule has 0 amide bonds. The van der Waals surface area contributed by atoms with Crippen LogP contribution in [0.4, 0.5) is 4.39 Å². The molecule has 1 atom stereocenters. The second kappa shape index (κ2) is 3.57. The molecule has 0 spiro atoms. The molecule has 0 unspecified atom stereocenters. The summed E-state index contributed by atoms with van der Waals surface area (Å²) in [6, 6.07) is 4.60. The molecule has 1 aromatic carbocycles. The highest BCUT2D eigenvalue weighted by Gasteiger charge is 2.36. The average Bonchev–Trinajstić information content (AvgIpc) is 2.58. The van der Waals surface area contributed by atoms with E-state index in [1.165, 1.54) is 18.3 Å². The van der Waals surface area contributed by atoms with Crippen molar-refractivity contribution in [2.45, 2.75) is 24.7 Å². The highest BCUT2D eigenvalue weighted by atomic mass is 19.1. The minimum absolute atomic E-state index is 0.249. The predicted octanol–water partition coefficient (Wildman–Crippen LogP) is 2.25. The average molecular weight is 205 g/mol. The number of halogens is 1. The van der Waals surface area contributed by atoms with E-state index < -0.39 is 5.41 Å². The number of hydrogen-bond donors (Lipinski definition) is 1. The molecule has 15 heavy (non-hydrogen) atoms. The highest BCUT2D eigenvalue weighted by Crippen LogP contribution is 2.39. The topological polar surface area (TPSA) is 40.9 Å². The van der Waals surface area contributed by atoms with Crippen molar-refractivity contribution in [2.24, 2.45) is 0 Å². The van der Waals surface area contributed by atoms with E-state index in [2.05, 4.69) is 0 Å². The maximum absolute atomic E-state index is 13.0. The maximum atomic E-state index is 13.0. The standard InChI is InChI=1S/C12H12FNO/c13-10-1-2-11-9(7-10)3-4-12(11,8-14)5-6-15/h1-2,6-8,14H,3-5H2/t12-/m1/s1. The summed E-state index contributed by atoms with van der Waals surface area (Å²) in [5.74, 6) is -0.249. The van der Waals surface area contributed by atoms with Crippen molar-refractivity contribution in [1.29, 1.82) is 5.41 Å². The van der Waals surface area contributed by atoms with Gasteiger partial charge in [-0.15, -0.1) is 0 Å². The summed E-state index contributed by atoms with van der Waals surface area (Å²) < 4.78 is 13.0. The first-order chi connectivity index (χ1) is 7.22. The third-order valence-electron chi connectivity index (χ3n) is 3.17. The van der Waals surface area contributed by atoms with Gasteiger partial charge in [-0.3, -0.25) is 0 Å². The van der Waals surface area contributed by atoms with Crippen LogP contribution in [0.2, 0.25) is 0 Å². The molecular weight excluding hydrogens is 193 g/mol. The maximum Gasteiger partial charge on any atom is 0.123 e. The van der Waals surface area contributed by atoms with E-state index in [0.29, 0.717) is 6.42 Å². The molecule has 3 heteroatoms. The van der Waals surface area contributed by atoms with Gasteiger partial charge in [0.25, 0.3) is 0 Å². The number of carbonyl (C=O) groups excluding carboxylic acids is 1. The number of benzene rings is 1. The van der Waals surface area contributed by atoms with Crippen LogP contribution in [-0.2, 0) is 16.6 Å². The first-order valence-electron chi connectivity index (χ1n) is 4.96. The molecule has 0 saturated carbocycles. The highest BCUT2D eigenvalue weighted by molar-refractivity contribution is 5.78. The summed E-state index contributed by atoms with van der Waals surface area (Å²) in [6.07, 6.45) is 3.95. The van der Waals surface area contributed by atoms with Gasteiger partial charge < -0.3 is 10.2 Å².